The quantitative estimate of drug-likeness (QED) is 0.659. The Morgan fingerprint density at radius 3 is 2.80 bits per heavy atom. The fourth-order valence-electron chi connectivity index (χ4n) is 2.27. The van der Waals surface area contributed by atoms with Crippen molar-refractivity contribution < 1.29 is 9.18 Å². The van der Waals surface area contributed by atoms with Crippen molar-refractivity contribution in [3.05, 3.63) is 70.6 Å². The largest absolute Gasteiger partial charge is 0.343 e. The monoisotopic (exact) mass is 287 g/mol. The van der Waals surface area contributed by atoms with Gasteiger partial charge in [0.1, 0.15) is 12.1 Å². The van der Waals surface area contributed by atoms with E-state index >= 15 is 0 Å². The molecule has 0 saturated heterocycles. The zero-order valence-electron chi connectivity index (χ0n) is 10.5. The van der Waals surface area contributed by atoms with Crippen molar-refractivity contribution in [1.29, 1.82) is 0 Å². The number of benzene rings is 2. The SMILES string of the molecule is O=Cc1ccc2ccn(Cc3c(F)cccc3Cl)c2c1. The van der Waals surface area contributed by atoms with Crippen LogP contribution in [0.1, 0.15) is 15.9 Å². The Labute approximate surface area is 120 Å². The van der Waals surface area contributed by atoms with E-state index in [1.807, 2.05) is 22.9 Å². The minimum Gasteiger partial charge on any atom is -0.343 e. The third kappa shape index (κ3) is 2.21. The molecule has 0 atom stereocenters. The van der Waals surface area contributed by atoms with E-state index < -0.39 is 0 Å². The number of nitrogens with zero attached hydrogens (tertiary/aromatic N) is 1. The fourth-order valence-corrected chi connectivity index (χ4v) is 2.49. The highest BCUT2D eigenvalue weighted by Crippen LogP contribution is 2.23. The second kappa shape index (κ2) is 5.10. The van der Waals surface area contributed by atoms with Crippen LogP contribution in [0.2, 0.25) is 5.02 Å². The predicted molar refractivity (Wildman–Crippen MR) is 77.8 cm³/mol. The van der Waals surface area contributed by atoms with Crippen LogP contribution in [0.4, 0.5) is 4.39 Å². The summed E-state index contributed by atoms with van der Waals surface area (Å²) in [5.41, 5.74) is 1.93. The van der Waals surface area contributed by atoms with Crippen molar-refractivity contribution in [3.8, 4) is 0 Å². The van der Waals surface area contributed by atoms with Crippen LogP contribution in [0.3, 0.4) is 0 Å². The molecule has 3 rings (SSSR count). The molecular weight excluding hydrogens is 277 g/mol. The molecule has 0 aliphatic rings. The zero-order chi connectivity index (χ0) is 14.1. The Morgan fingerprint density at radius 1 is 1.20 bits per heavy atom. The van der Waals surface area contributed by atoms with Gasteiger partial charge in [0.05, 0.1) is 6.54 Å². The van der Waals surface area contributed by atoms with Gasteiger partial charge < -0.3 is 4.57 Å². The van der Waals surface area contributed by atoms with Crippen molar-refractivity contribution in [3.63, 3.8) is 0 Å². The van der Waals surface area contributed by atoms with E-state index in [-0.39, 0.29) is 5.82 Å². The summed E-state index contributed by atoms with van der Waals surface area (Å²) in [5.74, 6) is -0.328. The van der Waals surface area contributed by atoms with Crippen LogP contribution >= 0.6 is 11.6 Å². The lowest BCUT2D eigenvalue weighted by Gasteiger charge is -2.09. The van der Waals surface area contributed by atoms with E-state index in [1.54, 1.807) is 24.3 Å². The van der Waals surface area contributed by atoms with E-state index in [9.17, 15) is 9.18 Å². The third-order valence-corrected chi connectivity index (χ3v) is 3.68. The molecule has 20 heavy (non-hydrogen) atoms. The Morgan fingerprint density at radius 2 is 2.05 bits per heavy atom. The molecule has 0 fully saturated rings. The molecule has 0 bridgehead atoms. The Bertz CT molecular complexity index is 774. The fraction of sp³-hybridized carbons (Fsp3) is 0.0625. The first-order valence-electron chi connectivity index (χ1n) is 6.16. The average Bonchev–Trinajstić information content (AvgIpc) is 2.85. The smallest absolute Gasteiger partial charge is 0.150 e. The summed E-state index contributed by atoms with van der Waals surface area (Å²) in [6.07, 6.45) is 2.66. The molecule has 100 valence electrons. The van der Waals surface area contributed by atoms with Gasteiger partial charge in [-0.2, -0.15) is 0 Å². The second-order valence-electron chi connectivity index (χ2n) is 4.58. The molecule has 0 aliphatic heterocycles. The van der Waals surface area contributed by atoms with Crippen LogP contribution in [-0.4, -0.2) is 10.9 Å². The number of hydrogen-bond acceptors (Lipinski definition) is 1. The molecule has 0 saturated carbocycles. The van der Waals surface area contributed by atoms with Crippen LogP contribution in [0, 0.1) is 5.82 Å². The first-order valence-corrected chi connectivity index (χ1v) is 6.54. The molecule has 3 aromatic rings. The maximum Gasteiger partial charge on any atom is 0.150 e. The highest BCUT2D eigenvalue weighted by Gasteiger charge is 2.09. The maximum atomic E-state index is 13.8. The highest BCUT2D eigenvalue weighted by molar-refractivity contribution is 6.31. The van der Waals surface area contributed by atoms with Gasteiger partial charge in [-0.15, -0.1) is 0 Å². The van der Waals surface area contributed by atoms with Gasteiger partial charge in [-0.1, -0.05) is 29.8 Å². The van der Waals surface area contributed by atoms with Crippen molar-refractivity contribution in [2.45, 2.75) is 6.54 Å². The Hall–Kier alpha value is -2.13. The number of carbonyl (C=O) groups is 1. The van der Waals surface area contributed by atoms with E-state index in [1.165, 1.54) is 6.07 Å². The predicted octanol–water partition coefficient (Wildman–Crippen LogP) is 4.29. The zero-order valence-corrected chi connectivity index (χ0v) is 11.3. The van der Waals surface area contributed by atoms with Crippen LogP contribution in [0.5, 0.6) is 0 Å². The molecule has 0 aliphatic carbocycles. The van der Waals surface area contributed by atoms with Crippen LogP contribution < -0.4 is 0 Å². The molecule has 0 unspecified atom stereocenters. The van der Waals surface area contributed by atoms with Gasteiger partial charge in [0, 0.05) is 27.9 Å². The third-order valence-electron chi connectivity index (χ3n) is 3.32. The normalized spacial score (nSPS) is 10.9. The molecule has 0 amide bonds. The standard InChI is InChI=1S/C16H11ClFNO/c17-14-2-1-3-15(18)13(14)9-19-7-6-12-5-4-11(10-20)8-16(12)19/h1-8,10H,9H2. The molecule has 4 heteroatoms. The molecule has 0 N–H and O–H groups in total. The summed E-state index contributed by atoms with van der Waals surface area (Å²) in [4.78, 5) is 10.9. The lowest BCUT2D eigenvalue weighted by atomic mass is 10.1. The summed E-state index contributed by atoms with van der Waals surface area (Å²) < 4.78 is 15.7. The molecule has 1 aromatic heterocycles. The second-order valence-corrected chi connectivity index (χ2v) is 4.99. The Kier molecular flexibility index (Phi) is 3.28. The number of aromatic nitrogens is 1. The van der Waals surface area contributed by atoms with E-state index in [2.05, 4.69) is 0 Å². The van der Waals surface area contributed by atoms with Gasteiger partial charge >= 0.3 is 0 Å². The van der Waals surface area contributed by atoms with E-state index in [0.29, 0.717) is 22.7 Å². The molecule has 1 heterocycles. The number of hydrogen-bond donors (Lipinski definition) is 0. The summed E-state index contributed by atoms with van der Waals surface area (Å²) in [6.45, 7) is 0.331. The van der Waals surface area contributed by atoms with Crippen molar-refractivity contribution in [2.24, 2.45) is 0 Å². The first kappa shape index (κ1) is 12.9. The summed E-state index contributed by atoms with van der Waals surface area (Å²) >= 11 is 6.05. The lowest BCUT2D eigenvalue weighted by molar-refractivity contribution is 0.112. The van der Waals surface area contributed by atoms with E-state index in [0.717, 1.165) is 17.2 Å². The summed E-state index contributed by atoms with van der Waals surface area (Å²) in [7, 11) is 0. The van der Waals surface area contributed by atoms with Gasteiger partial charge in [-0.25, -0.2) is 4.39 Å². The topological polar surface area (TPSA) is 22.0 Å². The van der Waals surface area contributed by atoms with Crippen molar-refractivity contribution >= 4 is 28.8 Å². The van der Waals surface area contributed by atoms with Gasteiger partial charge in [-0.3, -0.25) is 4.79 Å². The van der Waals surface area contributed by atoms with Crippen LogP contribution in [0.25, 0.3) is 10.9 Å². The number of aldehydes is 1. The summed E-state index contributed by atoms with van der Waals surface area (Å²) in [5, 5.41) is 1.40. The molecule has 2 nitrogen and oxygen atoms in total. The molecule has 0 radical (unpaired) electrons. The van der Waals surface area contributed by atoms with Crippen molar-refractivity contribution in [2.75, 3.05) is 0 Å². The van der Waals surface area contributed by atoms with Gasteiger partial charge in [0.25, 0.3) is 0 Å². The number of rotatable bonds is 3. The number of halogens is 2. The summed E-state index contributed by atoms with van der Waals surface area (Å²) in [6, 6.07) is 12.0. The highest BCUT2D eigenvalue weighted by atomic mass is 35.5. The maximum absolute atomic E-state index is 13.8. The first-order chi connectivity index (χ1) is 9.69. The van der Waals surface area contributed by atoms with E-state index in [4.69, 9.17) is 11.6 Å². The number of fused-ring (bicyclic) bond motifs is 1. The average molecular weight is 288 g/mol. The van der Waals surface area contributed by atoms with Crippen LogP contribution in [-0.2, 0) is 6.54 Å². The molecular formula is C16H11ClFNO. The van der Waals surface area contributed by atoms with Gasteiger partial charge in [0.2, 0.25) is 0 Å². The van der Waals surface area contributed by atoms with Crippen molar-refractivity contribution in [1.82, 2.24) is 4.57 Å². The minimum atomic E-state index is -0.328. The van der Waals surface area contributed by atoms with Crippen LogP contribution in [0.15, 0.2) is 48.7 Å². The van der Waals surface area contributed by atoms with Gasteiger partial charge in [-0.05, 0) is 29.7 Å². The molecule has 0 spiro atoms. The number of carbonyl (C=O) groups excluding carboxylic acids is 1. The van der Waals surface area contributed by atoms with Gasteiger partial charge in [0.15, 0.2) is 0 Å². The lowest BCUT2D eigenvalue weighted by Crippen LogP contribution is -2.01. The molecule has 2 aromatic carbocycles. The Balaban J connectivity index is 2.09. The minimum absolute atomic E-state index is 0.328.